The van der Waals surface area contributed by atoms with E-state index in [-0.39, 0.29) is 0 Å². The zero-order valence-electron chi connectivity index (χ0n) is 24.6. The Morgan fingerprint density at radius 2 is 0.667 bits per heavy atom. The van der Waals surface area contributed by atoms with Gasteiger partial charge in [0.05, 0.1) is 0 Å². The van der Waals surface area contributed by atoms with Gasteiger partial charge in [-0.1, -0.05) is 133 Å². The van der Waals surface area contributed by atoms with Crippen molar-refractivity contribution in [3.05, 3.63) is 204 Å². The van der Waals surface area contributed by atoms with Crippen LogP contribution in [0.4, 0.5) is 0 Å². The van der Waals surface area contributed by atoms with Crippen molar-refractivity contribution < 1.29 is 31.1 Å². The number of rotatable bonds is 8. The van der Waals surface area contributed by atoms with Crippen LogP contribution in [0.1, 0.15) is 33.6 Å². The van der Waals surface area contributed by atoms with E-state index >= 15 is 0 Å². The van der Waals surface area contributed by atoms with Crippen LogP contribution >= 0.6 is 17.0 Å². The van der Waals surface area contributed by atoms with Crippen LogP contribution in [0, 0.1) is 0 Å². The van der Waals surface area contributed by atoms with Crippen LogP contribution in [0.3, 0.4) is 0 Å². The Hall–Kier alpha value is -3.44. The van der Waals surface area contributed by atoms with Gasteiger partial charge < -0.3 is 10.2 Å². The molecule has 0 amide bonds. The van der Waals surface area contributed by atoms with Gasteiger partial charge in [-0.3, -0.25) is 9.97 Å². The molecule has 0 aliphatic carbocycles. The Bertz CT molecular complexity index is 1440. The summed E-state index contributed by atoms with van der Waals surface area (Å²) in [5.74, 6) is 0. The maximum absolute atomic E-state index is 11.4. The van der Waals surface area contributed by atoms with Gasteiger partial charge in [0, 0.05) is 36.6 Å². The summed E-state index contributed by atoms with van der Waals surface area (Å²) in [6.07, 6.45) is 4.40. The van der Waals surface area contributed by atoms with Gasteiger partial charge in [-0.05, 0) is 46.5 Å². The molecule has 0 spiro atoms. The number of pyridine rings is 2. The van der Waals surface area contributed by atoms with E-state index < -0.39 is 32.1 Å². The fourth-order valence-electron chi connectivity index (χ4n) is 5.13. The Balaban J connectivity index is 0.000000189. The van der Waals surface area contributed by atoms with Crippen molar-refractivity contribution >= 4 is 17.0 Å². The number of hydrogen-bond acceptors (Lipinski definition) is 4. The van der Waals surface area contributed by atoms with Gasteiger partial charge in [-0.25, -0.2) is 0 Å². The average Bonchev–Trinajstić information content (AvgIpc) is 3.11. The monoisotopic (exact) mass is 710 g/mol. The minimum absolute atomic E-state index is 0.446. The number of hydrogen-bond donors (Lipinski definition) is 2. The average molecular weight is 713 g/mol. The van der Waals surface area contributed by atoms with Crippen molar-refractivity contribution in [1.82, 2.24) is 9.97 Å². The third-order valence-corrected chi connectivity index (χ3v) is 7.33. The number of benzene rings is 4. The molecule has 2 heterocycles. The van der Waals surface area contributed by atoms with Crippen LogP contribution < -0.4 is 0 Å². The number of nitrogens with zero attached hydrogens (tertiary/aromatic N) is 2. The third-order valence-electron chi connectivity index (χ3n) is 7.33. The normalized spacial score (nSPS) is 10.8. The summed E-state index contributed by atoms with van der Waals surface area (Å²) in [5, 5.41) is 22.7. The molecule has 0 radical (unpaired) electrons. The fraction of sp³-hybridized carbons (Fsp3) is 0.105. The second-order valence-electron chi connectivity index (χ2n) is 10.3. The first kappa shape index (κ1) is 34.4. The summed E-state index contributed by atoms with van der Waals surface area (Å²) in [4.78, 5) is 8.71. The van der Waals surface area contributed by atoms with Crippen molar-refractivity contribution in [2.24, 2.45) is 0 Å². The van der Waals surface area contributed by atoms with Crippen LogP contribution in [0.2, 0.25) is 0 Å². The summed E-state index contributed by atoms with van der Waals surface area (Å²) in [6.45, 7) is 0. The van der Waals surface area contributed by atoms with Gasteiger partial charge in [0.15, 0.2) is 0 Å². The van der Waals surface area contributed by atoms with Crippen molar-refractivity contribution in [2.45, 2.75) is 24.0 Å². The van der Waals surface area contributed by atoms with Gasteiger partial charge in [-0.15, -0.1) is 0 Å². The van der Waals surface area contributed by atoms with Crippen molar-refractivity contribution in [1.29, 1.82) is 0 Å². The summed E-state index contributed by atoms with van der Waals surface area (Å²) in [5.41, 5.74) is 3.10. The predicted molar refractivity (Wildman–Crippen MR) is 179 cm³/mol. The molecule has 4 aromatic carbocycles. The number of halogens is 2. The molecule has 7 heteroatoms. The fourth-order valence-corrected chi connectivity index (χ4v) is 5.13. The zero-order valence-corrected chi connectivity index (χ0v) is 28.6. The van der Waals surface area contributed by atoms with E-state index in [0.29, 0.717) is 12.8 Å². The van der Waals surface area contributed by atoms with E-state index in [1.165, 1.54) is 0 Å². The molecule has 226 valence electrons. The second-order valence-corrected chi connectivity index (χ2v) is 14.0. The van der Waals surface area contributed by atoms with Crippen LogP contribution in [0.15, 0.2) is 170 Å². The molecule has 0 saturated carbocycles. The molecule has 0 fully saturated rings. The van der Waals surface area contributed by atoms with Gasteiger partial charge in [-0.2, -0.15) is 0 Å². The van der Waals surface area contributed by atoms with Crippen LogP contribution in [0.25, 0.3) is 0 Å². The quantitative estimate of drug-likeness (QED) is 0.166. The Morgan fingerprint density at radius 1 is 0.422 bits per heavy atom. The zero-order chi connectivity index (χ0) is 31.8. The third kappa shape index (κ3) is 9.77. The van der Waals surface area contributed by atoms with Crippen LogP contribution in [0.5, 0.6) is 0 Å². The molecule has 0 unspecified atom stereocenters. The molecule has 0 aliphatic heterocycles. The molecule has 2 N–H and O–H groups in total. The molecule has 0 saturated heterocycles. The molecule has 45 heavy (non-hydrogen) atoms. The Labute approximate surface area is 284 Å². The van der Waals surface area contributed by atoms with Crippen LogP contribution in [-0.4, -0.2) is 20.2 Å². The Morgan fingerprint density at radius 3 is 0.889 bits per heavy atom. The van der Waals surface area contributed by atoms with Crippen molar-refractivity contribution in [2.75, 3.05) is 0 Å². The van der Waals surface area contributed by atoms with E-state index in [4.69, 9.17) is 17.0 Å². The van der Waals surface area contributed by atoms with Crippen molar-refractivity contribution in [3.8, 4) is 0 Å². The van der Waals surface area contributed by atoms with Gasteiger partial charge >= 0.3 is 37.9 Å². The molecule has 2 aromatic heterocycles. The van der Waals surface area contributed by atoms with Crippen LogP contribution in [-0.2, 0) is 44.9 Å². The Kier molecular flexibility index (Phi) is 13.7. The molecule has 6 rings (SSSR count). The van der Waals surface area contributed by atoms with E-state index in [0.717, 1.165) is 33.6 Å². The second kappa shape index (κ2) is 17.9. The first-order valence-electron chi connectivity index (χ1n) is 14.4. The summed E-state index contributed by atoms with van der Waals surface area (Å²) in [7, 11) is 9.87. The molecule has 6 aromatic rings. The number of aromatic nitrogens is 2. The molecule has 0 atom stereocenters. The topological polar surface area (TPSA) is 66.2 Å². The van der Waals surface area contributed by atoms with Gasteiger partial charge in [0.2, 0.25) is 0 Å². The SMILES string of the molecule is OC(Cc1ccccn1)(c1ccccc1)c1ccccc1.OC(Cc1ccccn1)(c1ccccc1)c1ccccc1.[Cl][Zr][Cl]. The molecular formula is C38H34Cl2N2O2Zr. The van der Waals surface area contributed by atoms with Gasteiger partial charge in [0.25, 0.3) is 0 Å². The summed E-state index contributed by atoms with van der Waals surface area (Å²) >= 11 is -0.826. The molecular weight excluding hydrogens is 679 g/mol. The van der Waals surface area contributed by atoms with E-state index in [1.54, 1.807) is 12.4 Å². The minimum atomic E-state index is -1.07. The van der Waals surface area contributed by atoms with Crippen molar-refractivity contribution in [3.63, 3.8) is 0 Å². The van der Waals surface area contributed by atoms with E-state index in [2.05, 4.69) is 9.97 Å². The molecule has 0 aliphatic rings. The maximum atomic E-state index is 11.4. The molecule has 4 nitrogen and oxygen atoms in total. The van der Waals surface area contributed by atoms with E-state index in [1.807, 2.05) is 158 Å². The van der Waals surface area contributed by atoms with E-state index in [9.17, 15) is 10.2 Å². The summed E-state index contributed by atoms with van der Waals surface area (Å²) < 4.78 is 0. The first-order chi connectivity index (χ1) is 22.0. The first-order valence-corrected chi connectivity index (χ1v) is 20.8. The standard InChI is InChI=1S/2C19H17NO.2ClH.Zr/c2*21-19(16-9-3-1-4-10-16,17-11-5-2-6-12-17)15-18-13-7-8-14-20-18;;;/h2*1-14,21H,15H2;2*1H;/q;;;;+2/p-2. The summed E-state index contributed by atoms with van der Waals surface area (Å²) in [6, 6.07) is 50.6. The number of aliphatic hydroxyl groups is 2. The predicted octanol–water partition coefficient (Wildman–Crippen LogP) is 8.50. The molecule has 0 bridgehead atoms. The van der Waals surface area contributed by atoms with Gasteiger partial charge in [0.1, 0.15) is 11.2 Å².